The molecule has 0 amide bonds. The average Bonchev–Trinajstić information content (AvgIpc) is 2.55. The Bertz CT molecular complexity index is 218. The second kappa shape index (κ2) is 5.93. The Hall–Kier alpha value is -0.620. The van der Waals surface area contributed by atoms with Crippen molar-refractivity contribution in [1.29, 1.82) is 0 Å². The van der Waals surface area contributed by atoms with Crippen molar-refractivity contribution in [3.63, 3.8) is 0 Å². The molecule has 0 aromatic carbocycles. The van der Waals surface area contributed by atoms with Gasteiger partial charge in [-0.25, -0.2) is 0 Å². The fourth-order valence-electron chi connectivity index (χ4n) is 0.882. The van der Waals surface area contributed by atoms with Gasteiger partial charge in [0, 0.05) is 12.4 Å². The molecule has 0 fully saturated rings. The quantitative estimate of drug-likeness (QED) is 0.591. The minimum atomic E-state index is -0.880. The zero-order chi connectivity index (χ0) is 8.97. The van der Waals surface area contributed by atoms with E-state index in [0.717, 1.165) is 0 Å². The molecule has 0 saturated carbocycles. The Labute approximate surface area is 82.6 Å². The van der Waals surface area contributed by atoms with E-state index in [1.165, 1.54) is 0 Å². The first kappa shape index (κ1) is 12.4. The molecule has 0 saturated heterocycles. The van der Waals surface area contributed by atoms with Gasteiger partial charge < -0.3 is 15.9 Å². The van der Waals surface area contributed by atoms with Gasteiger partial charge in [0.25, 0.3) is 0 Å². The van der Waals surface area contributed by atoms with Crippen molar-refractivity contribution in [1.82, 2.24) is 9.78 Å². The summed E-state index contributed by atoms with van der Waals surface area (Å²) in [4.78, 5) is 0. The van der Waals surface area contributed by atoms with Crippen LogP contribution < -0.4 is 5.73 Å². The van der Waals surface area contributed by atoms with E-state index in [2.05, 4.69) is 5.10 Å². The summed E-state index contributed by atoms with van der Waals surface area (Å²) in [6, 6.07) is 1.30. The number of halogens is 1. The molecule has 2 atom stereocenters. The lowest BCUT2D eigenvalue weighted by molar-refractivity contribution is 0.0683. The van der Waals surface area contributed by atoms with E-state index in [9.17, 15) is 0 Å². The van der Waals surface area contributed by atoms with Crippen LogP contribution in [-0.4, -0.2) is 38.7 Å². The van der Waals surface area contributed by atoms with Crippen LogP contribution >= 0.6 is 12.4 Å². The van der Waals surface area contributed by atoms with Gasteiger partial charge in [-0.3, -0.25) is 4.68 Å². The maximum Gasteiger partial charge on any atom is 0.0939 e. The molecule has 1 aromatic rings. The van der Waals surface area contributed by atoms with Crippen molar-refractivity contribution >= 4 is 12.4 Å². The van der Waals surface area contributed by atoms with Crippen LogP contribution in [0.3, 0.4) is 0 Å². The first-order valence-electron chi connectivity index (χ1n) is 3.76. The van der Waals surface area contributed by atoms with Crippen LogP contribution in [0.1, 0.15) is 0 Å². The van der Waals surface area contributed by atoms with E-state index in [1.807, 2.05) is 0 Å². The van der Waals surface area contributed by atoms with Gasteiger partial charge in [-0.1, -0.05) is 0 Å². The Kier molecular flexibility index (Phi) is 5.65. The van der Waals surface area contributed by atoms with E-state index in [-0.39, 0.29) is 19.0 Å². The number of aliphatic hydroxyl groups is 2. The Morgan fingerprint density at radius 3 is 2.69 bits per heavy atom. The molecule has 0 aliphatic rings. The lowest BCUT2D eigenvalue weighted by atomic mass is 10.2. The third kappa shape index (κ3) is 3.73. The highest BCUT2D eigenvalue weighted by molar-refractivity contribution is 5.85. The predicted octanol–water partition coefficient (Wildman–Crippen LogP) is -1.01. The molecule has 76 valence electrons. The summed E-state index contributed by atoms with van der Waals surface area (Å²) in [6.07, 6.45) is 2.51. The highest BCUT2D eigenvalue weighted by atomic mass is 35.5. The lowest BCUT2D eigenvalue weighted by Gasteiger charge is -2.15. The largest absolute Gasteiger partial charge is 0.394 e. The number of hydrogen-bond donors (Lipinski definition) is 3. The molecule has 0 unspecified atom stereocenters. The summed E-state index contributed by atoms with van der Waals surface area (Å²) < 4.78 is 1.61. The Morgan fingerprint density at radius 2 is 2.23 bits per heavy atom. The van der Waals surface area contributed by atoms with Crippen LogP contribution in [-0.2, 0) is 6.54 Å². The molecule has 1 aromatic heterocycles. The van der Waals surface area contributed by atoms with Crippen molar-refractivity contribution in [3.8, 4) is 0 Å². The number of aromatic nitrogens is 2. The zero-order valence-corrected chi connectivity index (χ0v) is 7.89. The minimum absolute atomic E-state index is 0. The van der Waals surface area contributed by atoms with E-state index >= 15 is 0 Å². The number of aliphatic hydroxyl groups excluding tert-OH is 2. The lowest BCUT2D eigenvalue weighted by Crippen LogP contribution is -2.40. The third-order valence-corrected chi connectivity index (χ3v) is 1.64. The number of rotatable bonds is 4. The molecule has 5 nitrogen and oxygen atoms in total. The number of nitrogens with zero attached hydrogens (tertiary/aromatic N) is 2. The van der Waals surface area contributed by atoms with Crippen LogP contribution in [0.15, 0.2) is 18.5 Å². The van der Waals surface area contributed by atoms with Crippen LogP contribution in [0, 0.1) is 0 Å². The second-order valence-corrected chi connectivity index (χ2v) is 2.64. The molecule has 0 bridgehead atoms. The minimum Gasteiger partial charge on any atom is -0.394 e. The van der Waals surface area contributed by atoms with Gasteiger partial charge in [0.05, 0.1) is 25.3 Å². The normalized spacial score (nSPS) is 14.7. The molecule has 0 spiro atoms. The molecule has 0 radical (unpaired) electrons. The van der Waals surface area contributed by atoms with Crippen LogP contribution in [0.25, 0.3) is 0 Å². The molecular formula is C7H14ClN3O2. The number of nitrogens with two attached hydrogens (primary N) is 1. The SMILES string of the molecule is Cl.N[C@H](Cn1cccn1)[C@H](O)CO. The molecule has 13 heavy (non-hydrogen) atoms. The van der Waals surface area contributed by atoms with Crippen LogP contribution in [0.2, 0.25) is 0 Å². The van der Waals surface area contributed by atoms with Crippen molar-refractivity contribution in [3.05, 3.63) is 18.5 Å². The molecule has 4 N–H and O–H groups in total. The monoisotopic (exact) mass is 207 g/mol. The molecule has 1 heterocycles. The summed E-state index contributed by atoms with van der Waals surface area (Å²) >= 11 is 0. The third-order valence-electron chi connectivity index (χ3n) is 1.64. The summed E-state index contributed by atoms with van der Waals surface area (Å²) in [6.45, 7) is 0.0944. The average molecular weight is 208 g/mol. The van der Waals surface area contributed by atoms with Crippen molar-refractivity contribution in [2.45, 2.75) is 18.7 Å². The Morgan fingerprint density at radius 1 is 1.54 bits per heavy atom. The van der Waals surface area contributed by atoms with Gasteiger partial charge in [-0.2, -0.15) is 5.10 Å². The van der Waals surface area contributed by atoms with E-state index in [4.69, 9.17) is 15.9 Å². The van der Waals surface area contributed by atoms with Crippen LogP contribution in [0.4, 0.5) is 0 Å². The number of hydrogen-bond acceptors (Lipinski definition) is 4. The maximum atomic E-state index is 9.11. The topological polar surface area (TPSA) is 84.3 Å². The van der Waals surface area contributed by atoms with Gasteiger partial charge in [-0.05, 0) is 6.07 Å². The zero-order valence-electron chi connectivity index (χ0n) is 7.08. The van der Waals surface area contributed by atoms with Crippen molar-refractivity contribution in [2.75, 3.05) is 6.61 Å². The summed E-state index contributed by atoms with van der Waals surface area (Å²) in [5.41, 5.74) is 5.55. The van der Waals surface area contributed by atoms with E-state index in [0.29, 0.717) is 6.54 Å². The standard InChI is InChI=1S/C7H13N3O2.ClH/c8-6(7(12)5-11)4-10-3-1-2-9-10;/h1-3,6-7,11-12H,4-5,8H2;1H/t6-,7-;/m1./s1. The highest BCUT2D eigenvalue weighted by Crippen LogP contribution is 1.93. The highest BCUT2D eigenvalue weighted by Gasteiger charge is 2.13. The van der Waals surface area contributed by atoms with Gasteiger partial charge in [0.15, 0.2) is 0 Å². The van der Waals surface area contributed by atoms with Gasteiger partial charge in [0.2, 0.25) is 0 Å². The fourth-order valence-corrected chi connectivity index (χ4v) is 0.882. The maximum absolute atomic E-state index is 9.11. The van der Waals surface area contributed by atoms with Crippen molar-refractivity contribution < 1.29 is 10.2 Å². The van der Waals surface area contributed by atoms with Crippen LogP contribution in [0.5, 0.6) is 0 Å². The van der Waals surface area contributed by atoms with Gasteiger partial charge >= 0.3 is 0 Å². The molecule has 1 rings (SSSR count). The van der Waals surface area contributed by atoms with Gasteiger partial charge in [0.1, 0.15) is 0 Å². The predicted molar refractivity (Wildman–Crippen MR) is 50.5 cm³/mol. The van der Waals surface area contributed by atoms with Gasteiger partial charge in [-0.15, -0.1) is 12.4 Å². The first-order chi connectivity index (χ1) is 5.74. The van der Waals surface area contributed by atoms with E-state index < -0.39 is 12.1 Å². The molecular weight excluding hydrogens is 194 g/mol. The summed E-state index contributed by atoms with van der Waals surface area (Å²) in [7, 11) is 0. The molecule has 0 aliphatic carbocycles. The van der Waals surface area contributed by atoms with Crippen molar-refractivity contribution in [2.24, 2.45) is 5.73 Å². The van der Waals surface area contributed by atoms with E-state index in [1.54, 1.807) is 23.1 Å². The fraction of sp³-hybridized carbons (Fsp3) is 0.571. The molecule has 0 aliphatic heterocycles. The molecule has 6 heteroatoms. The first-order valence-corrected chi connectivity index (χ1v) is 3.76. The second-order valence-electron chi connectivity index (χ2n) is 2.64. The Balaban J connectivity index is 0.00000144. The summed E-state index contributed by atoms with van der Waals surface area (Å²) in [5, 5.41) is 21.6. The smallest absolute Gasteiger partial charge is 0.0939 e. The summed E-state index contributed by atoms with van der Waals surface area (Å²) in [5.74, 6) is 0.